The minimum absolute atomic E-state index is 1.15. The first-order chi connectivity index (χ1) is 10.6. The predicted molar refractivity (Wildman–Crippen MR) is 102 cm³/mol. The molecule has 0 aromatic rings. The van der Waals surface area contributed by atoms with Crippen molar-refractivity contribution in [3.8, 4) is 0 Å². The maximum absolute atomic E-state index is 2.54. The van der Waals surface area contributed by atoms with Crippen molar-refractivity contribution in [1.29, 1.82) is 0 Å². The molecule has 0 rings (SSSR count). The van der Waals surface area contributed by atoms with Gasteiger partial charge in [-0.2, -0.15) is 0 Å². The fourth-order valence-corrected chi connectivity index (χ4v) is 5.87. The molecule has 1 heteroatoms. The van der Waals surface area contributed by atoms with Crippen molar-refractivity contribution < 1.29 is 18.4 Å². The molecule has 0 aromatic carbocycles. The van der Waals surface area contributed by atoms with Gasteiger partial charge in [0.05, 0.1) is 0 Å². The van der Waals surface area contributed by atoms with E-state index in [4.69, 9.17) is 0 Å². The molecule has 0 saturated heterocycles. The molecule has 0 atom stereocenters. The van der Waals surface area contributed by atoms with Crippen molar-refractivity contribution in [3.63, 3.8) is 0 Å². The third-order valence-corrected chi connectivity index (χ3v) is 8.55. The van der Waals surface area contributed by atoms with Gasteiger partial charge in [0, 0.05) is 0 Å². The van der Waals surface area contributed by atoms with Crippen molar-refractivity contribution in [2.45, 2.75) is 110 Å². The molecule has 0 heterocycles. The summed E-state index contributed by atoms with van der Waals surface area (Å²) in [6, 6.07) is 0. The number of rotatable bonds is 17. The first-order valence-electron chi connectivity index (χ1n) is 10.1. The molecule has 0 aromatic heterocycles. The average molecular weight is 426 g/mol. The van der Waals surface area contributed by atoms with E-state index in [1.165, 1.54) is 103 Å². The molecule has 0 N–H and O–H groups in total. The van der Waals surface area contributed by atoms with Crippen LogP contribution in [-0.4, -0.2) is 19.2 Å². The molecule has 0 aliphatic heterocycles. The van der Waals surface area contributed by atoms with Crippen LogP contribution in [0.5, 0.6) is 0 Å². The molecule has 0 aliphatic carbocycles. The Hall–Kier alpha value is 0.730. The first kappa shape index (κ1) is 22.7. The summed E-state index contributed by atoms with van der Waals surface area (Å²) in [4.78, 5) is 7.62. The number of halogens is 1. The van der Waals surface area contributed by atoms with Crippen LogP contribution in [0, 0.1) is 0 Å². The summed E-state index contributed by atoms with van der Waals surface area (Å²) in [6.07, 6.45) is 23.7. The van der Waals surface area contributed by atoms with E-state index in [1.807, 2.05) is 0 Å². The average Bonchev–Trinajstić information content (AvgIpc) is 2.45. The van der Waals surface area contributed by atoms with Gasteiger partial charge in [0.25, 0.3) is 0 Å². The summed E-state index contributed by atoms with van der Waals surface area (Å²) < 4.78 is 1.57. The molecule has 0 amide bonds. The number of unbranched alkanes of at least 4 members (excludes halogenated alkanes) is 15. The monoisotopic (exact) mass is 425 g/mol. The second kappa shape index (κ2) is 16.6. The Bertz CT molecular complexity index is 204. The molecule has 0 nitrogen and oxygen atoms in total. The predicted octanol–water partition coefficient (Wildman–Crippen LogP) is 4.30. The Morgan fingerprint density at radius 1 is 0.409 bits per heavy atom. The van der Waals surface area contributed by atoms with E-state index >= 15 is 0 Å². The molecule has 0 spiro atoms. The van der Waals surface area contributed by atoms with Crippen LogP contribution < -0.4 is 18.4 Å². The summed E-state index contributed by atoms with van der Waals surface area (Å²) in [7, 11) is 0. The van der Waals surface area contributed by atoms with Gasteiger partial charge in [-0.15, -0.1) is 0 Å². The van der Waals surface area contributed by atoms with Crippen LogP contribution in [0.15, 0.2) is 0 Å². The molecule has 0 saturated carbocycles. The zero-order valence-electron chi connectivity index (χ0n) is 16.4. The van der Waals surface area contributed by atoms with Gasteiger partial charge >= 0.3 is 108 Å². The second-order valence-corrected chi connectivity index (χ2v) is 20.1. The summed E-state index contributed by atoms with van der Waals surface area (Å²) in [5.41, 5.74) is 0. The molecule has 0 aliphatic rings. The Kier molecular flexibility index (Phi) is 17.1. The van der Waals surface area contributed by atoms with Gasteiger partial charge in [0.15, 0.2) is 0 Å². The van der Waals surface area contributed by atoms with Gasteiger partial charge in [0.1, 0.15) is 0 Å². The van der Waals surface area contributed by atoms with Crippen LogP contribution >= 0.6 is 0 Å². The zero-order valence-corrected chi connectivity index (χ0v) is 18.6. The molecule has 22 heavy (non-hydrogen) atoms. The minimum atomic E-state index is -1.15. The van der Waals surface area contributed by atoms with E-state index in [-0.39, 0.29) is 0 Å². The topological polar surface area (TPSA) is 0 Å². The second-order valence-electron chi connectivity index (χ2n) is 7.93. The van der Waals surface area contributed by atoms with Gasteiger partial charge in [-0.05, 0) is 0 Å². The maximum atomic E-state index is 2.54. The van der Waals surface area contributed by atoms with Gasteiger partial charge in [0.2, 0.25) is 0 Å². The standard InChI is InChI=1S/C21H46I/c1-5-6-7-8-9-10-11-12-13-14-15-16-17-18-19-20-21-22(2,3)4/h5-21H2,1-4H3/q-1. The van der Waals surface area contributed by atoms with Gasteiger partial charge < -0.3 is 0 Å². The third-order valence-electron chi connectivity index (χ3n) is 4.55. The Morgan fingerprint density at radius 3 is 0.955 bits per heavy atom. The van der Waals surface area contributed by atoms with Crippen LogP contribution in [0.25, 0.3) is 0 Å². The van der Waals surface area contributed by atoms with Crippen molar-refractivity contribution >= 4 is 0 Å². The fraction of sp³-hybridized carbons (Fsp3) is 1.00. The van der Waals surface area contributed by atoms with Crippen molar-refractivity contribution in [2.75, 3.05) is 19.2 Å². The quantitative estimate of drug-likeness (QED) is 0.185. The SMILES string of the molecule is CCCCCCCCCCCCCCCCCC[I-](C)(C)C. The molecule has 0 fully saturated rings. The Labute approximate surface area is 147 Å². The summed E-state index contributed by atoms with van der Waals surface area (Å²) in [5.74, 6) is 0. The molecule has 138 valence electrons. The van der Waals surface area contributed by atoms with Crippen LogP contribution in [0.1, 0.15) is 110 Å². The number of alkyl halides is 4. The van der Waals surface area contributed by atoms with Crippen LogP contribution in [-0.2, 0) is 0 Å². The first-order valence-corrected chi connectivity index (χ1v) is 18.1. The van der Waals surface area contributed by atoms with Crippen LogP contribution in [0.3, 0.4) is 0 Å². The van der Waals surface area contributed by atoms with E-state index < -0.39 is 18.4 Å². The Morgan fingerprint density at radius 2 is 0.682 bits per heavy atom. The van der Waals surface area contributed by atoms with E-state index in [0.717, 1.165) is 0 Å². The normalized spacial score (nSPS) is 12.7. The van der Waals surface area contributed by atoms with Crippen molar-refractivity contribution in [2.24, 2.45) is 0 Å². The van der Waals surface area contributed by atoms with E-state index in [0.29, 0.717) is 0 Å². The molecule has 0 bridgehead atoms. The van der Waals surface area contributed by atoms with E-state index in [1.54, 1.807) is 4.43 Å². The van der Waals surface area contributed by atoms with E-state index in [2.05, 4.69) is 21.7 Å². The van der Waals surface area contributed by atoms with Crippen LogP contribution in [0.4, 0.5) is 0 Å². The molecule has 0 radical (unpaired) electrons. The third kappa shape index (κ3) is 20.7. The Balaban J connectivity index is 3.00. The van der Waals surface area contributed by atoms with Crippen molar-refractivity contribution in [1.82, 2.24) is 0 Å². The fourth-order valence-electron chi connectivity index (χ4n) is 3.04. The van der Waals surface area contributed by atoms with Gasteiger partial charge in [-0.1, -0.05) is 39.0 Å². The number of hydrogen-bond donors (Lipinski definition) is 0. The summed E-state index contributed by atoms with van der Waals surface area (Å²) >= 11 is -1.15. The molecular formula is C21H46I-. The van der Waals surface area contributed by atoms with Gasteiger partial charge in [-0.25, -0.2) is 0 Å². The summed E-state index contributed by atoms with van der Waals surface area (Å²) in [6.45, 7) is 2.30. The van der Waals surface area contributed by atoms with Crippen molar-refractivity contribution in [3.05, 3.63) is 0 Å². The summed E-state index contributed by atoms with van der Waals surface area (Å²) in [5, 5.41) is 0. The van der Waals surface area contributed by atoms with Crippen LogP contribution in [0.2, 0.25) is 0 Å². The van der Waals surface area contributed by atoms with Gasteiger partial charge in [-0.3, -0.25) is 0 Å². The molecular weight excluding hydrogens is 379 g/mol. The van der Waals surface area contributed by atoms with E-state index in [9.17, 15) is 0 Å². The zero-order chi connectivity index (χ0) is 16.5. The molecule has 0 unspecified atom stereocenters. The number of hydrogen-bond acceptors (Lipinski definition) is 0.